The third kappa shape index (κ3) is 4.70. The van der Waals surface area contributed by atoms with Gasteiger partial charge in [-0.25, -0.2) is 0 Å². The SMILES string of the molecule is Cc1cc(OCc2ccccc2)cc(C2(O)CN(C(c3ccccc3)c3ccccc3)C2)c1. The summed E-state index contributed by atoms with van der Waals surface area (Å²) in [6.07, 6.45) is 0. The lowest BCUT2D eigenvalue weighted by atomic mass is 9.82. The molecule has 1 aliphatic heterocycles. The molecule has 1 heterocycles. The van der Waals surface area contributed by atoms with Crippen LogP contribution in [0.25, 0.3) is 0 Å². The van der Waals surface area contributed by atoms with Crippen molar-refractivity contribution in [1.82, 2.24) is 4.90 Å². The quantitative estimate of drug-likeness (QED) is 0.394. The Morgan fingerprint density at radius 3 is 1.91 bits per heavy atom. The minimum absolute atomic E-state index is 0.117. The molecular formula is C30H29NO2. The number of aliphatic hydroxyl groups is 1. The lowest BCUT2D eigenvalue weighted by molar-refractivity contribution is -0.116. The van der Waals surface area contributed by atoms with Gasteiger partial charge in [-0.05, 0) is 46.9 Å². The van der Waals surface area contributed by atoms with Crippen molar-refractivity contribution in [2.45, 2.75) is 25.2 Å². The Morgan fingerprint density at radius 1 is 0.788 bits per heavy atom. The fourth-order valence-electron chi connectivity index (χ4n) is 4.72. The lowest BCUT2D eigenvalue weighted by Crippen LogP contribution is -2.60. The van der Waals surface area contributed by atoms with Crippen molar-refractivity contribution in [3.8, 4) is 5.75 Å². The zero-order valence-electron chi connectivity index (χ0n) is 18.9. The Kier molecular flexibility index (Phi) is 5.99. The number of aryl methyl sites for hydroxylation is 1. The van der Waals surface area contributed by atoms with Crippen molar-refractivity contribution in [2.75, 3.05) is 13.1 Å². The molecule has 1 fully saturated rings. The topological polar surface area (TPSA) is 32.7 Å². The fraction of sp³-hybridized carbons (Fsp3) is 0.200. The Hall–Kier alpha value is -3.40. The summed E-state index contributed by atoms with van der Waals surface area (Å²) in [6, 6.07) is 37.4. The number of β-amino-alcohol motifs (C(OH)–C–C–N with tert-alkyl or cyclic N) is 1. The Bertz CT molecular complexity index is 1150. The van der Waals surface area contributed by atoms with Crippen LogP contribution in [0.5, 0.6) is 5.75 Å². The number of rotatable bonds is 7. The van der Waals surface area contributed by atoms with Gasteiger partial charge in [0.05, 0.1) is 6.04 Å². The van der Waals surface area contributed by atoms with E-state index in [0.29, 0.717) is 19.7 Å². The van der Waals surface area contributed by atoms with Crippen LogP contribution >= 0.6 is 0 Å². The maximum absolute atomic E-state index is 11.5. The van der Waals surface area contributed by atoms with Crippen LogP contribution in [0.4, 0.5) is 0 Å². The molecule has 0 bridgehead atoms. The minimum Gasteiger partial charge on any atom is -0.489 e. The average Bonchev–Trinajstić information content (AvgIpc) is 2.83. The molecule has 5 rings (SSSR count). The maximum Gasteiger partial charge on any atom is 0.120 e. The molecule has 0 amide bonds. The lowest BCUT2D eigenvalue weighted by Gasteiger charge is -2.50. The molecule has 166 valence electrons. The molecule has 0 aromatic heterocycles. The van der Waals surface area contributed by atoms with Crippen LogP contribution in [0, 0.1) is 6.92 Å². The predicted molar refractivity (Wildman–Crippen MR) is 132 cm³/mol. The number of likely N-dealkylation sites (tertiary alicyclic amines) is 1. The zero-order chi connectivity index (χ0) is 22.7. The summed E-state index contributed by atoms with van der Waals surface area (Å²) in [6.45, 7) is 3.71. The highest BCUT2D eigenvalue weighted by molar-refractivity contribution is 5.40. The second-order valence-electron chi connectivity index (χ2n) is 8.97. The van der Waals surface area contributed by atoms with E-state index in [4.69, 9.17) is 4.74 Å². The molecule has 4 aromatic rings. The van der Waals surface area contributed by atoms with Crippen LogP contribution in [-0.2, 0) is 12.2 Å². The smallest absolute Gasteiger partial charge is 0.120 e. The van der Waals surface area contributed by atoms with Crippen LogP contribution in [-0.4, -0.2) is 23.1 Å². The highest BCUT2D eigenvalue weighted by atomic mass is 16.5. The van der Waals surface area contributed by atoms with Gasteiger partial charge in [-0.3, -0.25) is 4.90 Å². The van der Waals surface area contributed by atoms with Gasteiger partial charge >= 0.3 is 0 Å². The first-order chi connectivity index (χ1) is 16.1. The number of ether oxygens (including phenoxy) is 1. The van der Waals surface area contributed by atoms with Crippen molar-refractivity contribution >= 4 is 0 Å². The Balaban J connectivity index is 1.35. The van der Waals surface area contributed by atoms with E-state index < -0.39 is 5.60 Å². The minimum atomic E-state index is -0.890. The molecule has 1 N–H and O–H groups in total. The van der Waals surface area contributed by atoms with Gasteiger partial charge in [0.2, 0.25) is 0 Å². The summed E-state index contributed by atoms with van der Waals surface area (Å²) in [5.41, 5.74) is 4.72. The van der Waals surface area contributed by atoms with Crippen LogP contribution in [0.3, 0.4) is 0 Å². The second kappa shape index (κ2) is 9.22. The maximum atomic E-state index is 11.5. The van der Waals surface area contributed by atoms with Gasteiger partial charge in [0.15, 0.2) is 0 Å². The van der Waals surface area contributed by atoms with E-state index in [1.807, 2.05) is 42.5 Å². The van der Waals surface area contributed by atoms with Gasteiger partial charge in [0.25, 0.3) is 0 Å². The molecule has 1 saturated heterocycles. The summed E-state index contributed by atoms with van der Waals surface area (Å²) >= 11 is 0. The van der Waals surface area contributed by atoms with Gasteiger partial charge in [0, 0.05) is 13.1 Å². The fourth-order valence-corrected chi connectivity index (χ4v) is 4.72. The van der Waals surface area contributed by atoms with E-state index in [-0.39, 0.29) is 6.04 Å². The summed E-state index contributed by atoms with van der Waals surface area (Å²) in [5.74, 6) is 0.795. The number of hydrogen-bond donors (Lipinski definition) is 1. The third-order valence-corrected chi connectivity index (χ3v) is 6.36. The van der Waals surface area contributed by atoms with Crippen LogP contribution in [0.2, 0.25) is 0 Å². The summed E-state index contributed by atoms with van der Waals surface area (Å²) in [4.78, 5) is 2.34. The number of hydrogen-bond acceptors (Lipinski definition) is 3. The van der Waals surface area contributed by atoms with Crippen LogP contribution in [0.15, 0.2) is 109 Å². The van der Waals surface area contributed by atoms with E-state index in [0.717, 1.165) is 22.4 Å². The first-order valence-electron chi connectivity index (χ1n) is 11.5. The van der Waals surface area contributed by atoms with Gasteiger partial charge in [-0.2, -0.15) is 0 Å². The Morgan fingerprint density at radius 2 is 1.33 bits per heavy atom. The molecule has 0 atom stereocenters. The molecule has 0 saturated carbocycles. The van der Waals surface area contributed by atoms with Crippen molar-refractivity contribution in [3.63, 3.8) is 0 Å². The van der Waals surface area contributed by atoms with Gasteiger partial charge in [0.1, 0.15) is 18.0 Å². The van der Waals surface area contributed by atoms with Gasteiger partial charge in [-0.1, -0.05) is 97.1 Å². The van der Waals surface area contributed by atoms with Crippen LogP contribution in [0.1, 0.15) is 33.9 Å². The average molecular weight is 436 g/mol. The molecule has 1 aliphatic rings. The molecule has 0 spiro atoms. The van der Waals surface area contributed by atoms with Crippen molar-refractivity contribution in [2.24, 2.45) is 0 Å². The number of benzene rings is 4. The monoisotopic (exact) mass is 435 g/mol. The normalized spacial score (nSPS) is 15.2. The predicted octanol–water partition coefficient (Wildman–Crippen LogP) is 5.87. The van der Waals surface area contributed by atoms with E-state index in [2.05, 4.69) is 78.6 Å². The van der Waals surface area contributed by atoms with E-state index in [1.54, 1.807) is 0 Å². The summed E-state index contributed by atoms with van der Waals surface area (Å²) in [5, 5.41) is 11.5. The van der Waals surface area contributed by atoms with Gasteiger partial charge < -0.3 is 9.84 Å². The molecule has 3 nitrogen and oxygen atoms in total. The summed E-state index contributed by atoms with van der Waals surface area (Å²) < 4.78 is 6.07. The molecular weight excluding hydrogens is 406 g/mol. The van der Waals surface area contributed by atoms with E-state index in [9.17, 15) is 5.11 Å². The van der Waals surface area contributed by atoms with Crippen molar-refractivity contribution < 1.29 is 9.84 Å². The van der Waals surface area contributed by atoms with E-state index in [1.165, 1.54) is 11.1 Å². The van der Waals surface area contributed by atoms with Crippen molar-refractivity contribution in [1.29, 1.82) is 0 Å². The van der Waals surface area contributed by atoms with Crippen LogP contribution < -0.4 is 4.74 Å². The standard InChI is InChI=1S/C30H29NO2/c1-23-17-27(19-28(18-23)33-20-24-11-5-2-6-12-24)30(32)21-31(22-30)29(25-13-7-3-8-14-25)26-15-9-4-10-16-26/h2-19,29,32H,20-22H2,1H3. The number of nitrogens with zero attached hydrogens (tertiary/aromatic N) is 1. The highest BCUT2D eigenvalue weighted by Crippen LogP contribution is 2.41. The molecule has 0 aliphatic carbocycles. The molecule has 0 unspecified atom stereocenters. The zero-order valence-corrected chi connectivity index (χ0v) is 18.9. The molecule has 33 heavy (non-hydrogen) atoms. The molecule has 0 radical (unpaired) electrons. The highest BCUT2D eigenvalue weighted by Gasteiger charge is 2.46. The second-order valence-corrected chi connectivity index (χ2v) is 8.97. The van der Waals surface area contributed by atoms with Crippen molar-refractivity contribution in [3.05, 3.63) is 137 Å². The first kappa shape index (κ1) is 21.4. The summed E-state index contributed by atoms with van der Waals surface area (Å²) in [7, 11) is 0. The van der Waals surface area contributed by atoms with E-state index >= 15 is 0 Å². The van der Waals surface area contributed by atoms with Gasteiger partial charge in [-0.15, -0.1) is 0 Å². The largest absolute Gasteiger partial charge is 0.489 e. The third-order valence-electron chi connectivity index (χ3n) is 6.36. The Labute approximate surface area is 195 Å². The first-order valence-corrected chi connectivity index (χ1v) is 11.5. The molecule has 4 aromatic carbocycles. The molecule has 3 heteroatoms.